The molecule has 1 aromatic heterocycles. The molecule has 0 bridgehead atoms. The van der Waals surface area contributed by atoms with Gasteiger partial charge in [-0.2, -0.15) is 4.98 Å². The minimum atomic E-state index is -0.272. The summed E-state index contributed by atoms with van der Waals surface area (Å²) in [7, 11) is 1.58. The molecule has 0 atom stereocenters. The van der Waals surface area contributed by atoms with Crippen molar-refractivity contribution in [2.45, 2.75) is 6.42 Å². The number of carbonyl (C=O) groups is 1. The standard InChI is InChI=1S/C12H19N5O3/c1-20-7-2-11(19)17-5-3-16(4-6-17)9-8-10(18)15-12(13)14-9/h8H,2-7H2,1H3,(H3,13,14,15,18). The van der Waals surface area contributed by atoms with Crippen LogP contribution in [0.5, 0.6) is 0 Å². The molecule has 8 nitrogen and oxygen atoms in total. The Hall–Kier alpha value is -2.09. The molecule has 0 spiro atoms. The number of hydrogen-bond acceptors (Lipinski definition) is 6. The molecule has 2 heterocycles. The van der Waals surface area contributed by atoms with Gasteiger partial charge in [0.25, 0.3) is 5.56 Å². The van der Waals surface area contributed by atoms with Crippen LogP contribution in [0.4, 0.5) is 11.8 Å². The molecule has 0 aromatic carbocycles. The summed E-state index contributed by atoms with van der Waals surface area (Å²) in [4.78, 5) is 33.5. The number of ether oxygens (including phenoxy) is 1. The summed E-state index contributed by atoms with van der Waals surface area (Å²) in [6.07, 6.45) is 0.396. The predicted molar refractivity (Wildman–Crippen MR) is 74.6 cm³/mol. The van der Waals surface area contributed by atoms with Crippen LogP contribution in [0.1, 0.15) is 6.42 Å². The van der Waals surface area contributed by atoms with Crippen molar-refractivity contribution in [2.24, 2.45) is 0 Å². The molecule has 0 saturated carbocycles. The minimum absolute atomic E-state index is 0.0879. The van der Waals surface area contributed by atoms with Crippen LogP contribution in [0.25, 0.3) is 0 Å². The summed E-state index contributed by atoms with van der Waals surface area (Å²) in [5.41, 5.74) is 5.25. The lowest BCUT2D eigenvalue weighted by Gasteiger charge is -2.35. The van der Waals surface area contributed by atoms with Gasteiger partial charge in [0.15, 0.2) is 0 Å². The lowest BCUT2D eigenvalue weighted by Crippen LogP contribution is -2.49. The smallest absolute Gasteiger partial charge is 0.254 e. The van der Waals surface area contributed by atoms with Gasteiger partial charge in [-0.3, -0.25) is 14.6 Å². The molecule has 2 rings (SSSR count). The fourth-order valence-electron chi connectivity index (χ4n) is 2.16. The van der Waals surface area contributed by atoms with Gasteiger partial charge in [0.05, 0.1) is 13.0 Å². The molecule has 1 aliphatic rings. The van der Waals surface area contributed by atoms with Crippen LogP contribution >= 0.6 is 0 Å². The lowest BCUT2D eigenvalue weighted by atomic mass is 10.2. The summed E-state index contributed by atoms with van der Waals surface area (Å²) < 4.78 is 4.90. The number of carbonyl (C=O) groups excluding carboxylic acids is 1. The highest BCUT2D eigenvalue weighted by Gasteiger charge is 2.21. The highest BCUT2D eigenvalue weighted by atomic mass is 16.5. The van der Waals surface area contributed by atoms with Crippen LogP contribution in [0.15, 0.2) is 10.9 Å². The summed E-state index contributed by atoms with van der Waals surface area (Å²) in [5.74, 6) is 0.742. The van der Waals surface area contributed by atoms with Crippen molar-refractivity contribution in [1.29, 1.82) is 0 Å². The van der Waals surface area contributed by atoms with E-state index in [4.69, 9.17) is 10.5 Å². The van der Waals surface area contributed by atoms with Gasteiger partial charge < -0.3 is 20.3 Å². The van der Waals surface area contributed by atoms with E-state index in [2.05, 4.69) is 9.97 Å². The van der Waals surface area contributed by atoms with Gasteiger partial charge in [0.2, 0.25) is 11.9 Å². The molecule has 1 saturated heterocycles. The number of rotatable bonds is 4. The largest absolute Gasteiger partial charge is 0.384 e. The van der Waals surface area contributed by atoms with Crippen molar-refractivity contribution in [3.63, 3.8) is 0 Å². The Kier molecular flexibility index (Phi) is 4.57. The quantitative estimate of drug-likeness (QED) is 0.736. The van der Waals surface area contributed by atoms with Crippen molar-refractivity contribution >= 4 is 17.7 Å². The van der Waals surface area contributed by atoms with Crippen LogP contribution in [0.2, 0.25) is 0 Å². The zero-order valence-electron chi connectivity index (χ0n) is 11.5. The Bertz CT molecular complexity index is 522. The fraction of sp³-hybridized carbons (Fsp3) is 0.583. The normalized spacial score (nSPS) is 15.4. The molecule has 1 aromatic rings. The first-order valence-corrected chi connectivity index (χ1v) is 6.48. The number of nitrogen functional groups attached to an aromatic ring is 1. The highest BCUT2D eigenvalue weighted by Crippen LogP contribution is 2.12. The third-order valence-electron chi connectivity index (χ3n) is 3.22. The van der Waals surface area contributed by atoms with E-state index in [9.17, 15) is 9.59 Å². The number of aromatic amines is 1. The van der Waals surface area contributed by atoms with Crippen molar-refractivity contribution in [3.05, 3.63) is 16.4 Å². The zero-order valence-corrected chi connectivity index (χ0v) is 11.5. The Morgan fingerprint density at radius 2 is 2.15 bits per heavy atom. The zero-order chi connectivity index (χ0) is 14.5. The van der Waals surface area contributed by atoms with Crippen molar-refractivity contribution < 1.29 is 9.53 Å². The molecule has 20 heavy (non-hydrogen) atoms. The molecule has 8 heteroatoms. The molecular weight excluding hydrogens is 262 g/mol. The Morgan fingerprint density at radius 3 is 2.75 bits per heavy atom. The van der Waals surface area contributed by atoms with Gasteiger partial charge in [0, 0.05) is 39.4 Å². The van der Waals surface area contributed by atoms with Gasteiger partial charge in [-0.1, -0.05) is 0 Å². The van der Waals surface area contributed by atoms with Crippen molar-refractivity contribution in [1.82, 2.24) is 14.9 Å². The van der Waals surface area contributed by atoms with E-state index < -0.39 is 0 Å². The number of methoxy groups -OCH3 is 1. The van der Waals surface area contributed by atoms with Crippen LogP contribution in [-0.2, 0) is 9.53 Å². The number of amides is 1. The molecule has 0 radical (unpaired) electrons. The second kappa shape index (κ2) is 6.38. The van der Waals surface area contributed by atoms with Gasteiger partial charge in [-0.25, -0.2) is 0 Å². The van der Waals surface area contributed by atoms with Gasteiger partial charge >= 0.3 is 0 Å². The van der Waals surface area contributed by atoms with Crippen molar-refractivity contribution in [3.8, 4) is 0 Å². The number of nitrogens with two attached hydrogens (primary N) is 1. The maximum absolute atomic E-state index is 11.8. The molecule has 1 aliphatic heterocycles. The first-order chi connectivity index (χ1) is 9.60. The molecule has 110 valence electrons. The monoisotopic (exact) mass is 281 g/mol. The van der Waals surface area contributed by atoms with Crippen LogP contribution in [0, 0.1) is 0 Å². The number of hydrogen-bond donors (Lipinski definition) is 2. The minimum Gasteiger partial charge on any atom is -0.384 e. The van der Waals surface area contributed by atoms with E-state index in [1.54, 1.807) is 12.0 Å². The van der Waals surface area contributed by atoms with Crippen LogP contribution in [0.3, 0.4) is 0 Å². The van der Waals surface area contributed by atoms with E-state index in [1.165, 1.54) is 6.07 Å². The number of piperazine rings is 1. The van der Waals surface area contributed by atoms with E-state index in [1.807, 2.05) is 4.90 Å². The number of H-pyrrole nitrogens is 1. The molecule has 3 N–H and O–H groups in total. The summed E-state index contributed by atoms with van der Waals surface area (Å²) in [6.45, 7) is 2.92. The first-order valence-electron chi connectivity index (χ1n) is 6.48. The van der Waals surface area contributed by atoms with E-state index in [0.717, 1.165) is 0 Å². The SMILES string of the molecule is COCCC(=O)N1CCN(c2cc(=O)[nH]c(N)n2)CC1. The Labute approximate surface area is 116 Å². The summed E-state index contributed by atoms with van der Waals surface area (Å²) >= 11 is 0. The Balaban J connectivity index is 1.94. The van der Waals surface area contributed by atoms with Gasteiger partial charge in [0.1, 0.15) is 5.82 Å². The van der Waals surface area contributed by atoms with Gasteiger partial charge in [-0.05, 0) is 0 Å². The maximum Gasteiger partial charge on any atom is 0.254 e. The second-order valence-corrected chi connectivity index (χ2v) is 4.60. The lowest BCUT2D eigenvalue weighted by molar-refractivity contribution is -0.132. The Morgan fingerprint density at radius 1 is 1.45 bits per heavy atom. The van der Waals surface area contributed by atoms with Crippen LogP contribution < -0.4 is 16.2 Å². The third-order valence-corrected chi connectivity index (χ3v) is 3.22. The topological polar surface area (TPSA) is 105 Å². The summed E-state index contributed by atoms with van der Waals surface area (Å²) in [5, 5.41) is 0. The molecule has 0 aliphatic carbocycles. The predicted octanol–water partition coefficient (Wildman–Crippen LogP) is -0.963. The van der Waals surface area contributed by atoms with Crippen LogP contribution in [-0.4, -0.2) is 60.7 Å². The molecule has 1 amide bonds. The van der Waals surface area contributed by atoms with Crippen molar-refractivity contribution in [2.75, 3.05) is 50.5 Å². The van der Waals surface area contributed by atoms with E-state index >= 15 is 0 Å². The fourth-order valence-corrected chi connectivity index (χ4v) is 2.16. The van der Waals surface area contributed by atoms with Gasteiger partial charge in [-0.15, -0.1) is 0 Å². The van der Waals surface area contributed by atoms with E-state index in [-0.39, 0.29) is 17.4 Å². The van der Waals surface area contributed by atoms with E-state index in [0.29, 0.717) is 45.0 Å². The second-order valence-electron chi connectivity index (χ2n) is 4.60. The first kappa shape index (κ1) is 14.3. The number of nitrogens with one attached hydrogen (secondary N) is 1. The number of aromatic nitrogens is 2. The highest BCUT2D eigenvalue weighted by molar-refractivity contribution is 5.76. The third kappa shape index (κ3) is 3.47. The molecular formula is C12H19N5O3. The summed E-state index contributed by atoms with van der Waals surface area (Å²) in [6, 6.07) is 1.42. The number of anilines is 2. The molecule has 1 fully saturated rings. The average molecular weight is 281 g/mol. The maximum atomic E-state index is 11.8. The average Bonchev–Trinajstić information content (AvgIpc) is 2.44. The molecule has 0 unspecified atom stereocenters. The number of nitrogens with zero attached hydrogens (tertiary/aromatic N) is 3.